The topological polar surface area (TPSA) is 66.9 Å². The third kappa shape index (κ3) is 4.28. The molecule has 0 N–H and O–H groups in total. The van der Waals surface area contributed by atoms with Gasteiger partial charge in [-0.3, -0.25) is 4.79 Å². The number of ether oxygens (including phenoxy) is 1. The van der Waals surface area contributed by atoms with E-state index < -0.39 is 10.0 Å². The van der Waals surface area contributed by atoms with Crippen LogP contribution in [0.15, 0.2) is 58.3 Å². The average molecular weight is 407 g/mol. The van der Waals surface area contributed by atoms with Gasteiger partial charge in [0.25, 0.3) is 5.91 Å². The Kier molecular flexibility index (Phi) is 6.08. The van der Waals surface area contributed by atoms with Crippen molar-refractivity contribution in [3.8, 4) is 5.75 Å². The molecule has 0 radical (unpaired) electrons. The largest absolute Gasteiger partial charge is 0.494 e. The van der Waals surface area contributed by atoms with E-state index in [1.807, 2.05) is 13.0 Å². The van der Waals surface area contributed by atoms with Gasteiger partial charge in [0.1, 0.15) is 5.75 Å². The van der Waals surface area contributed by atoms with E-state index in [-0.39, 0.29) is 23.9 Å². The van der Waals surface area contributed by atoms with Gasteiger partial charge < -0.3 is 9.64 Å². The van der Waals surface area contributed by atoms with Crippen molar-refractivity contribution < 1.29 is 17.9 Å². The first-order valence-electron chi connectivity index (χ1n) is 8.73. The molecule has 144 valence electrons. The van der Waals surface area contributed by atoms with Gasteiger partial charge in [-0.25, -0.2) is 8.42 Å². The maximum absolute atomic E-state index is 12.8. The minimum atomic E-state index is -3.59. The van der Waals surface area contributed by atoms with Crippen LogP contribution >= 0.6 is 12.6 Å². The number of carbonyl (C=O) groups is 1. The summed E-state index contributed by atoms with van der Waals surface area (Å²) in [6.07, 6.45) is 0. The molecule has 0 spiro atoms. The van der Waals surface area contributed by atoms with Crippen LogP contribution in [-0.4, -0.2) is 56.3 Å². The van der Waals surface area contributed by atoms with Crippen molar-refractivity contribution in [2.45, 2.75) is 16.7 Å². The summed E-state index contributed by atoms with van der Waals surface area (Å²) in [5.41, 5.74) is 0.531. The number of rotatable bonds is 5. The normalized spacial score (nSPS) is 15.6. The molecule has 0 aliphatic carbocycles. The van der Waals surface area contributed by atoms with Gasteiger partial charge in [-0.2, -0.15) is 4.31 Å². The molecule has 1 fully saturated rings. The highest BCUT2D eigenvalue weighted by atomic mass is 32.2. The zero-order valence-electron chi connectivity index (χ0n) is 15.0. The first-order valence-corrected chi connectivity index (χ1v) is 10.6. The molecule has 8 heteroatoms. The fourth-order valence-corrected chi connectivity index (χ4v) is 4.66. The van der Waals surface area contributed by atoms with Gasteiger partial charge in [-0.15, -0.1) is 12.6 Å². The number of benzene rings is 2. The van der Waals surface area contributed by atoms with E-state index in [9.17, 15) is 13.2 Å². The number of hydrogen-bond acceptors (Lipinski definition) is 5. The molecule has 1 amide bonds. The second kappa shape index (κ2) is 8.33. The van der Waals surface area contributed by atoms with E-state index in [2.05, 4.69) is 12.6 Å². The lowest BCUT2D eigenvalue weighted by Gasteiger charge is -2.34. The molecule has 1 aliphatic heterocycles. The Morgan fingerprint density at radius 3 is 2.26 bits per heavy atom. The van der Waals surface area contributed by atoms with E-state index in [0.717, 1.165) is 0 Å². The number of carbonyl (C=O) groups excluding carboxylic acids is 1. The smallest absolute Gasteiger partial charge is 0.255 e. The van der Waals surface area contributed by atoms with Gasteiger partial charge in [0.15, 0.2) is 0 Å². The fraction of sp³-hybridized carbons (Fsp3) is 0.316. The van der Waals surface area contributed by atoms with Gasteiger partial charge in [0.2, 0.25) is 10.0 Å². The van der Waals surface area contributed by atoms with Crippen LogP contribution in [0.5, 0.6) is 5.75 Å². The van der Waals surface area contributed by atoms with Crippen molar-refractivity contribution in [1.82, 2.24) is 9.21 Å². The summed E-state index contributed by atoms with van der Waals surface area (Å²) in [6, 6.07) is 13.5. The van der Waals surface area contributed by atoms with Crippen LogP contribution in [0.4, 0.5) is 0 Å². The number of hydrogen-bond donors (Lipinski definition) is 1. The highest BCUT2D eigenvalue weighted by Gasteiger charge is 2.30. The van der Waals surface area contributed by atoms with Crippen molar-refractivity contribution in [3.05, 3.63) is 54.1 Å². The number of nitrogens with zero attached hydrogens (tertiary/aromatic N) is 2. The maximum atomic E-state index is 12.8. The zero-order valence-corrected chi connectivity index (χ0v) is 16.7. The Labute approximate surface area is 165 Å². The average Bonchev–Trinajstić information content (AvgIpc) is 2.69. The molecule has 6 nitrogen and oxygen atoms in total. The fourth-order valence-electron chi connectivity index (χ4n) is 2.98. The summed E-state index contributed by atoms with van der Waals surface area (Å²) in [5.74, 6) is 0.510. The van der Waals surface area contributed by atoms with Crippen molar-refractivity contribution in [3.63, 3.8) is 0 Å². The summed E-state index contributed by atoms with van der Waals surface area (Å²) in [4.78, 5) is 15.2. The predicted molar refractivity (Wildman–Crippen MR) is 106 cm³/mol. The predicted octanol–water partition coefficient (Wildman–Crippen LogP) is 2.52. The molecule has 0 bridgehead atoms. The Bertz CT molecular complexity index is 906. The van der Waals surface area contributed by atoms with Crippen LogP contribution in [0.2, 0.25) is 0 Å². The van der Waals surface area contributed by atoms with Crippen LogP contribution in [0.3, 0.4) is 0 Å². The minimum Gasteiger partial charge on any atom is -0.494 e. The molecular weight excluding hydrogens is 384 g/mol. The highest BCUT2D eigenvalue weighted by molar-refractivity contribution is 7.89. The maximum Gasteiger partial charge on any atom is 0.255 e. The van der Waals surface area contributed by atoms with Crippen LogP contribution in [-0.2, 0) is 10.0 Å². The molecule has 0 unspecified atom stereocenters. The molecule has 2 aromatic carbocycles. The van der Waals surface area contributed by atoms with Gasteiger partial charge >= 0.3 is 0 Å². The summed E-state index contributed by atoms with van der Waals surface area (Å²) in [5, 5.41) is 0. The molecule has 2 aromatic rings. The van der Waals surface area contributed by atoms with Gasteiger partial charge in [-0.1, -0.05) is 12.1 Å². The summed E-state index contributed by atoms with van der Waals surface area (Å²) < 4.78 is 32.4. The van der Waals surface area contributed by atoms with Crippen molar-refractivity contribution >= 4 is 28.6 Å². The number of piperazine rings is 1. The van der Waals surface area contributed by atoms with E-state index in [1.165, 1.54) is 4.31 Å². The van der Waals surface area contributed by atoms with Crippen molar-refractivity contribution in [2.24, 2.45) is 0 Å². The van der Waals surface area contributed by atoms with Crippen LogP contribution in [0, 0.1) is 0 Å². The molecule has 0 aromatic heterocycles. The standard InChI is InChI=1S/C19H22N2O4S2/c1-2-25-15-7-9-16(10-8-15)27(23,24)21-13-11-20(12-14-21)19(22)17-5-3-4-6-18(17)26/h3-10,26H,2,11-14H2,1H3. The Hall–Kier alpha value is -2.03. The molecule has 1 aliphatic rings. The molecular formula is C19H22N2O4S2. The van der Waals surface area contributed by atoms with E-state index in [0.29, 0.717) is 35.9 Å². The Morgan fingerprint density at radius 1 is 1.04 bits per heavy atom. The number of sulfonamides is 1. The lowest BCUT2D eigenvalue weighted by molar-refractivity contribution is 0.0694. The van der Waals surface area contributed by atoms with Crippen molar-refractivity contribution in [1.29, 1.82) is 0 Å². The molecule has 3 rings (SSSR count). The molecule has 0 saturated carbocycles. The Balaban J connectivity index is 1.67. The third-order valence-electron chi connectivity index (χ3n) is 4.43. The van der Waals surface area contributed by atoms with Gasteiger partial charge in [-0.05, 0) is 43.3 Å². The third-order valence-corrected chi connectivity index (χ3v) is 6.74. The number of thiol groups is 1. The lowest BCUT2D eigenvalue weighted by atomic mass is 10.2. The monoisotopic (exact) mass is 406 g/mol. The van der Waals surface area contributed by atoms with Crippen molar-refractivity contribution in [2.75, 3.05) is 32.8 Å². The summed E-state index contributed by atoms with van der Waals surface area (Å²) >= 11 is 4.33. The Morgan fingerprint density at radius 2 is 1.67 bits per heavy atom. The molecule has 1 heterocycles. The number of amides is 1. The van der Waals surface area contributed by atoms with Crippen LogP contribution in [0.25, 0.3) is 0 Å². The first-order chi connectivity index (χ1) is 12.9. The lowest BCUT2D eigenvalue weighted by Crippen LogP contribution is -2.50. The second-order valence-electron chi connectivity index (χ2n) is 6.12. The second-order valence-corrected chi connectivity index (χ2v) is 8.54. The van der Waals surface area contributed by atoms with Gasteiger partial charge in [0.05, 0.1) is 17.1 Å². The van der Waals surface area contributed by atoms with E-state index in [4.69, 9.17) is 4.74 Å². The summed E-state index contributed by atoms with van der Waals surface area (Å²) in [7, 11) is -3.59. The SMILES string of the molecule is CCOc1ccc(S(=O)(=O)N2CCN(C(=O)c3ccccc3S)CC2)cc1. The quantitative estimate of drug-likeness (QED) is 0.775. The van der Waals surface area contributed by atoms with E-state index in [1.54, 1.807) is 47.4 Å². The summed E-state index contributed by atoms with van der Waals surface area (Å²) in [6.45, 7) is 3.61. The van der Waals surface area contributed by atoms with Crippen LogP contribution < -0.4 is 4.74 Å². The minimum absolute atomic E-state index is 0.126. The van der Waals surface area contributed by atoms with Gasteiger partial charge in [0, 0.05) is 31.1 Å². The molecule has 1 saturated heterocycles. The first kappa shape index (κ1) is 19.7. The molecule has 0 atom stereocenters. The molecule has 27 heavy (non-hydrogen) atoms. The highest BCUT2D eigenvalue weighted by Crippen LogP contribution is 2.22. The van der Waals surface area contributed by atoms with E-state index >= 15 is 0 Å². The van der Waals surface area contributed by atoms with Crippen LogP contribution in [0.1, 0.15) is 17.3 Å². The zero-order chi connectivity index (χ0) is 19.4.